The molecule has 3 aliphatic rings. The predicted octanol–water partition coefficient (Wildman–Crippen LogP) is 8.47. The molecule has 0 aliphatic heterocycles. The van der Waals surface area contributed by atoms with Crippen LogP contribution in [-0.4, -0.2) is 9.38 Å². The summed E-state index contributed by atoms with van der Waals surface area (Å²) in [7, 11) is 0. The van der Waals surface area contributed by atoms with Crippen molar-refractivity contribution in [3.8, 4) is 0 Å². The summed E-state index contributed by atoms with van der Waals surface area (Å²) in [6.07, 6.45) is 16.1. The van der Waals surface area contributed by atoms with Gasteiger partial charge in [0.2, 0.25) is 0 Å². The molecule has 2 heterocycles. The Labute approximate surface area is 257 Å². The maximum atomic E-state index is 5.32. The second-order valence-electron chi connectivity index (χ2n) is 12.3. The van der Waals surface area contributed by atoms with E-state index in [-0.39, 0.29) is 5.92 Å². The molecule has 0 spiro atoms. The van der Waals surface area contributed by atoms with Crippen LogP contribution < -0.4 is 10.4 Å². The second kappa shape index (κ2) is 9.92. The third kappa shape index (κ3) is 3.84. The first kappa shape index (κ1) is 25.3. The highest BCUT2D eigenvalue weighted by atomic mass is 15.0. The second-order valence-corrected chi connectivity index (χ2v) is 12.3. The lowest BCUT2D eigenvalue weighted by atomic mass is 9.70. The lowest BCUT2D eigenvalue weighted by molar-refractivity contribution is 0.750. The standard InChI is InChI=1S/C42H32N2/c1-27-21-23-28(24-22-27)40-32-14-3-5-16-34(32)41(35-17-6-4-15-33(35)40)30-12-10-13-31(25-30)42-43-37-19-8-7-18-36(37)39-26-29-11-2-9-20-38(29)44(39)42/h2-11,13-14,16-26,30,33H,12,15H2,1H3. The van der Waals surface area contributed by atoms with Crippen LogP contribution in [0.5, 0.6) is 0 Å². The average Bonchev–Trinajstić information content (AvgIpc) is 3.47. The maximum absolute atomic E-state index is 5.32. The molecule has 2 nitrogen and oxygen atoms in total. The lowest BCUT2D eigenvalue weighted by Gasteiger charge is -2.34. The molecule has 9 rings (SSSR count). The van der Waals surface area contributed by atoms with Gasteiger partial charge < -0.3 is 0 Å². The van der Waals surface area contributed by atoms with Crippen molar-refractivity contribution in [2.45, 2.75) is 19.8 Å². The highest BCUT2D eigenvalue weighted by molar-refractivity contribution is 6.02. The van der Waals surface area contributed by atoms with Crippen molar-refractivity contribution in [2.75, 3.05) is 0 Å². The van der Waals surface area contributed by atoms with Gasteiger partial charge in [-0.05, 0) is 70.7 Å². The monoisotopic (exact) mass is 564 g/mol. The highest BCUT2D eigenvalue weighted by Crippen LogP contribution is 2.43. The van der Waals surface area contributed by atoms with Crippen molar-refractivity contribution in [3.05, 3.63) is 173 Å². The van der Waals surface area contributed by atoms with Gasteiger partial charge in [-0.2, -0.15) is 0 Å². The number of aryl methyl sites for hydroxylation is 1. The number of nitrogens with zero attached hydrogens (tertiary/aromatic N) is 2. The van der Waals surface area contributed by atoms with Gasteiger partial charge >= 0.3 is 0 Å². The van der Waals surface area contributed by atoms with Gasteiger partial charge in [-0.15, -0.1) is 0 Å². The van der Waals surface area contributed by atoms with Gasteiger partial charge in [0.25, 0.3) is 0 Å². The fraction of sp³-hybridized carbons (Fsp3) is 0.119. The smallest absolute Gasteiger partial charge is 0.145 e. The first-order valence-corrected chi connectivity index (χ1v) is 15.7. The van der Waals surface area contributed by atoms with Gasteiger partial charge in [-0.25, -0.2) is 4.98 Å². The summed E-state index contributed by atoms with van der Waals surface area (Å²) < 4.78 is 2.37. The molecule has 0 bridgehead atoms. The quantitative estimate of drug-likeness (QED) is 0.211. The Hall–Kier alpha value is -5.21. The van der Waals surface area contributed by atoms with Crippen LogP contribution >= 0.6 is 0 Å². The summed E-state index contributed by atoms with van der Waals surface area (Å²) in [5.41, 5.74) is 11.6. The highest BCUT2D eigenvalue weighted by Gasteiger charge is 2.32. The number of para-hydroxylation sites is 2. The van der Waals surface area contributed by atoms with Crippen LogP contribution in [0.4, 0.5) is 0 Å². The zero-order chi connectivity index (χ0) is 29.2. The van der Waals surface area contributed by atoms with E-state index in [9.17, 15) is 0 Å². The summed E-state index contributed by atoms with van der Waals surface area (Å²) >= 11 is 0. The van der Waals surface area contributed by atoms with Gasteiger partial charge in [0.05, 0.1) is 16.6 Å². The summed E-state index contributed by atoms with van der Waals surface area (Å²) in [6.45, 7) is 2.17. The molecule has 2 atom stereocenters. The van der Waals surface area contributed by atoms with Crippen LogP contribution in [0, 0.1) is 18.8 Å². The van der Waals surface area contributed by atoms with E-state index in [0.717, 1.165) is 24.2 Å². The number of aromatic nitrogens is 2. The Morgan fingerprint density at radius 2 is 1.50 bits per heavy atom. The van der Waals surface area contributed by atoms with Crippen LogP contribution in [0.25, 0.3) is 44.0 Å². The van der Waals surface area contributed by atoms with E-state index < -0.39 is 0 Å². The van der Waals surface area contributed by atoms with E-state index in [1.165, 1.54) is 65.7 Å². The molecular formula is C42H32N2. The Morgan fingerprint density at radius 1 is 0.727 bits per heavy atom. The number of hydrogen-bond donors (Lipinski definition) is 0. The minimum atomic E-state index is 0.251. The SMILES string of the molecule is Cc1ccc(C2=c3ccccc3=C(C3C=C(c4nc5ccccc5c5cc6ccccc6n45)C=CC3)C3=CC=CCC32)cc1. The van der Waals surface area contributed by atoms with Gasteiger partial charge in [-0.3, -0.25) is 4.40 Å². The predicted molar refractivity (Wildman–Crippen MR) is 184 cm³/mol. The molecule has 2 aromatic heterocycles. The molecule has 0 radical (unpaired) electrons. The molecule has 44 heavy (non-hydrogen) atoms. The van der Waals surface area contributed by atoms with Gasteiger partial charge in [-0.1, -0.05) is 127 Å². The van der Waals surface area contributed by atoms with Crippen LogP contribution in [-0.2, 0) is 0 Å². The molecule has 0 saturated heterocycles. The molecule has 0 fully saturated rings. The van der Waals surface area contributed by atoms with Crippen molar-refractivity contribution < 1.29 is 0 Å². The fourth-order valence-corrected chi connectivity index (χ4v) is 7.74. The van der Waals surface area contributed by atoms with Gasteiger partial charge in [0.1, 0.15) is 5.82 Å². The third-order valence-corrected chi connectivity index (χ3v) is 9.71. The molecule has 4 aromatic carbocycles. The number of fused-ring (bicyclic) bond motifs is 7. The summed E-state index contributed by atoms with van der Waals surface area (Å²) in [5, 5.41) is 5.15. The summed E-state index contributed by atoms with van der Waals surface area (Å²) in [4.78, 5) is 5.32. The van der Waals surface area contributed by atoms with E-state index in [2.05, 4.69) is 151 Å². The number of allylic oxidation sites excluding steroid dienone is 8. The zero-order valence-electron chi connectivity index (χ0n) is 24.7. The van der Waals surface area contributed by atoms with Crippen LogP contribution in [0.2, 0.25) is 0 Å². The zero-order valence-corrected chi connectivity index (χ0v) is 24.7. The van der Waals surface area contributed by atoms with E-state index in [1.54, 1.807) is 0 Å². The van der Waals surface area contributed by atoms with E-state index in [1.807, 2.05) is 0 Å². The Bertz CT molecular complexity index is 2390. The molecule has 210 valence electrons. The summed E-state index contributed by atoms with van der Waals surface area (Å²) in [6, 6.07) is 37.7. The van der Waals surface area contributed by atoms with Crippen LogP contribution in [0.1, 0.15) is 29.8 Å². The van der Waals surface area contributed by atoms with Crippen LogP contribution in [0.3, 0.4) is 0 Å². The Kier molecular flexibility index (Phi) is 5.71. The third-order valence-electron chi connectivity index (χ3n) is 9.71. The largest absolute Gasteiger partial charge is 0.293 e. The van der Waals surface area contributed by atoms with Crippen molar-refractivity contribution in [1.82, 2.24) is 9.38 Å². The molecular weight excluding hydrogens is 532 g/mol. The first-order valence-electron chi connectivity index (χ1n) is 15.7. The number of hydrogen-bond acceptors (Lipinski definition) is 1. The Balaban J connectivity index is 1.31. The number of rotatable bonds is 3. The average molecular weight is 565 g/mol. The van der Waals surface area contributed by atoms with Gasteiger partial charge in [0, 0.05) is 28.2 Å². The van der Waals surface area contributed by atoms with E-state index in [4.69, 9.17) is 4.98 Å². The van der Waals surface area contributed by atoms with Crippen molar-refractivity contribution in [1.29, 1.82) is 0 Å². The fourth-order valence-electron chi connectivity index (χ4n) is 7.74. The molecule has 0 saturated carbocycles. The molecule has 0 amide bonds. The molecule has 2 unspecified atom stereocenters. The Morgan fingerprint density at radius 3 is 2.39 bits per heavy atom. The minimum absolute atomic E-state index is 0.251. The molecule has 0 N–H and O–H groups in total. The summed E-state index contributed by atoms with van der Waals surface area (Å²) in [5.74, 6) is 1.60. The normalized spacial score (nSPS) is 19.3. The van der Waals surface area contributed by atoms with Crippen molar-refractivity contribution in [2.24, 2.45) is 11.8 Å². The minimum Gasteiger partial charge on any atom is -0.293 e. The van der Waals surface area contributed by atoms with Gasteiger partial charge in [0.15, 0.2) is 0 Å². The van der Waals surface area contributed by atoms with Crippen molar-refractivity contribution >= 4 is 44.0 Å². The molecule has 6 aromatic rings. The van der Waals surface area contributed by atoms with Crippen molar-refractivity contribution in [3.63, 3.8) is 0 Å². The lowest BCUT2D eigenvalue weighted by Crippen LogP contribution is -2.39. The maximum Gasteiger partial charge on any atom is 0.145 e. The van der Waals surface area contributed by atoms with E-state index in [0.29, 0.717) is 5.92 Å². The topological polar surface area (TPSA) is 17.3 Å². The van der Waals surface area contributed by atoms with Crippen LogP contribution in [0.15, 0.2) is 145 Å². The number of benzene rings is 4. The first-order chi connectivity index (χ1) is 21.7. The molecule has 3 aliphatic carbocycles. The van der Waals surface area contributed by atoms with E-state index >= 15 is 0 Å². The molecule has 2 heteroatoms.